The first kappa shape index (κ1) is 26.9. The summed E-state index contributed by atoms with van der Waals surface area (Å²) in [6, 6.07) is 9.00. The van der Waals surface area contributed by atoms with E-state index in [4.69, 9.17) is 9.47 Å². The Morgan fingerprint density at radius 3 is 2.41 bits per heavy atom. The molecule has 0 N–H and O–H groups in total. The molecule has 0 radical (unpaired) electrons. The number of para-hydroxylation sites is 1. The van der Waals surface area contributed by atoms with E-state index in [9.17, 15) is 35.9 Å². The predicted molar refractivity (Wildman–Crippen MR) is 125 cm³/mol. The number of halogens is 6. The van der Waals surface area contributed by atoms with Gasteiger partial charge in [-0.25, -0.2) is 9.59 Å². The van der Waals surface area contributed by atoms with Gasteiger partial charge in [-0.1, -0.05) is 24.3 Å². The third-order valence-electron chi connectivity index (χ3n) is 7.07. The Bertz CT molecular complexity index is 1460. The average molecular weight is 559 g/mol. The molecule has 2 aliphatic rings. The number of likely N-dealkylation sites (tertiary alicyclic amines) is 1. The van der Waals surface area contributed by atoms with Crippen LogP contribution in [0.15, 0.2) is 47.3 Å². The number of aromatic nitrogens is 2. The van der Waals surface area contributed by atoms with Crippen LogP contribution in [-0.4, -0.2) is 65.3 Å². The third kappa shape index (κ3) is 4.60. The van der Waals surface area contributed by atoms with Crippen molar-refractivity contribution in [3.05, 3.63) is 64.1 Å². The molecule has 2 fully saturated rings. The van der Waals surface area contributed by atoms with Crippen LogP contribution in [-0.2, 0) is 22.2 Å². The summed E-state index contributed by atoms with van der Waals surface area (Å²) in [6.45, 7) is -2.14. The van der Waals surface area contributed by atoms with Gasteiger partial charge >= 0.3 is 24.1 Å². The first-order chi connectivity index (χ1) is 18.4. The Hall–Kier alpha value is -3.68. The third-order valence-corrected chi connectivity index (χ3v) is 7.07. The zero-order valence-corrected chi connectivity index (χ0v) is 20.5. The van der Waals surface area contributed by atoms with E-state index in [1.165, 1.54) is 34.4 Å². The fraction of sp³-hybridized carbons (Fsp3) is 0.440. The number of hydrogen-bond acceptors (Lipinski definition) is 5. The second kappa shape index (κ2) is 9.50. The van der Waals surface area contributed by atoms with Crippen LogP contribution in [0, 0.1) is 0 Å². The molecular formula is C25H23F6N3O5. The number of hydrogen-bond donors (Lipinski definition) is 0. The molecule has 0 bridgehead atoms. The molecule has 1 amide bonds. The van der Waals surface area contributed by atoms with Crippen molar-refractivity contribution in [2.24, 2.45) is 0 Å². The number of rotatable bonds is 5. The molecular weight excluding hydrogens is 536 g/mol. The minimum atomic E-state index is -4.81. The van der Waals surface area contributed by atoms with Crippen LogP contribution in [0.4, 0.5) is 31.1 Å². The molecule has 14 heteroatoms. The number of benzene rings is 2. The van der Waals surface area contributed by atoms with Crippen molar-refractivity contribution >= 4 is 17.1 Å². The highest BCUT2D eigenvalue weighted by molar-refractivity contribution is 5.83. The quantitative estimate of drug-likeness (QED) is 0.428. The van der Waals surface area contributed by atoms with E-state index in [0.29, 0.717) is 5.52 Å². The zero-order valence-electron chi connectivity index (χ0n) is 20.5. The van der Waals surface area contributed by atoms with Gasteiger partial charge in [-0.05, 0) is 30.2 Å². The normalized spacial score (nSPS) is 19.3. The Kier molecular flexibility index (Phi) is 6.56. The lowest BCUT2D eigenvalue weighted by Crippen LogP contribution is -2.63. The van der Waals surface area contributed by atoms with E-state index in [2.05, 4.69) is 4.74 Å². The Morgan fingerprint density at radius 1 is 1.08 bits per heavy atom. The van der Waals surface area contributed by atoms with Gasteiger partial charge in [-0.2, -0.15) is 26.3 Å². The molecule has 2 aliphatic heterocycles. The molecule has 1 aromatic heterocycles. The molecule has 2 aromatic carbocycles. The maximum Gasteiger partial charge on any atom is 0.433 e. The van der Waals surface area contributed by atoms with Crippen molar-refractivity contribution in [1.82, 2.24) is 14.0 Å². The van der Waals surface area contributed by atoms with Gasteiger partial charge in [0.25, 0.3) is 5.60 Å². The molecule has 2 saturated heterocycles. The molecule has 0 saturated carbocycles. The summed E-state index contributed by atoms with van der Waals surface area (Å²) in [5.41, 5.74) is -3.77. The number of ether oxygens (including phenoxy) is 3. The molecule has 0 unspecified atom stereocenters. The van der Waals surface area contributed by atoms with Crippen molar-refractivity contribution < 1.29 is 45.3 Å². The molecule has 210 valence electrons. The largest absolute Gasteiger partial charge is 0.494 e. The first-order valence-corrected chi connectivity index (χ1v) is 11.9. The minimum Gasteiger partial charge on any atom is -0.494 e. The van der Waals surface area contributed by atoms with Crippen molar-refractivity contribution in [1.29, 1.82) is 0 Å². The SMILES string of the molecule is COc1cccc2c1n(Cc1ccccc1C(F)(F)F)c(=O)n2[C@@H]1CCN(C(=O)OC2(C(F)(F)F)COC2)C1. The maximum atomic E-state index is 13.7. The summed E-state index contributed by atoms with van der Waals surface area (Å²) in [4.78, 5) is 27.4. The lowest BCUT2D eigenvalue weighted by molar-refractivity contribution is -0.333. The monoisotopic (exact) mass is 559 g/mol. The molecule has 1 atom stereocenters. The summed E-state index contributed by atoms with van der Waals surface area (Å²) < 4.78 is 98.6. The second-order valence-corrected chi connectivity index (χ2v) is 9.46. The molecule has 0 spiro atoms. The van der Waals surface area contributed by atoms with Gasteiger partial charge in [0.15, 0.2) is 0 Å². The van der Waals surface area contributed by atoms with E-state index in [0.717, 1.165) is 11.0 Å². The van der Waals surface area contributed by atoms with E-state index < -0.39 is 61.1 Å². The minimum absolute atomic E-state index is 0.0122. The average Bonchev–Trinajstić information content (AvgIpc) is 3.43. The Balaban J connectivity index is 1.49. The van der Waals surface area contributed by atoms with Crippen LogP contribution in [0.1, 0.15) is 23.6 Å². The fourth-order valence-corrected chi connectivity index (χ4v) is 4.99. The van der Waals surface area contributed by atoms with E-state index in [1.54, 1.807) is 18.2 Å². The maximum absolute atomic E-state index is 13.7. The van der Waals surface area contributed by atoms with E-state index >= 15 is 0 Å². The lowest BCUT2D eigenvalue weighted by Gasteiger charge is -2.41. The number of fused-ring (bicyclic) bond motifs is 1. The fourth-order valence-electron chi connectivity index (χ4n) is 4.99. The summed E-state index contributed by atoms with van der Waals surface area (Å²) in [7, 11) is 1.36. The smallest absolute Gasteiger partial charge is 0.433 e. The summed E-state index contributed by atoms with van der Waals surface area (Å²) >= 11 is 0. The number of carbonyl (C=O) groups is 1. The van der Waals surface area contributed by atoms with Crippen LogP contribution < -0.4 is 10.4 Å². The van der Waals surface area contributed by atoms with Crippen LogP contribution in [0.25, 0.3) is 11.0 Å². The van der Waals surface area contributed by atoms with E-state index in [-0.39, 0.29) is 36.3 Å². The number of nitrogens with zero attached hydrogens (tertiary/aromatic N) is 3. The molecule has 0 aliphatic carbocycles. The number of methoxy groups -OCH3 is 1. The first-order valence-electron chi connectivity index (χ1n) is 11.9. The number of carbonyl (C=O) groups excluding carboxylic acids is 1. The van der Waals surface area contributed by atoms with Crippen LogP contribution in [0.5, 0.6) is 5.75 Å². The summed E-state index contributed by atoms with van der Waals surface area (Å²) in [5.74, 6) is 0.249. The lowest BCUT2D eigenvalue weighted by atomic mass is 10.0. The van der Waals surface area contributed by atoms with Gasteiger partial charge < -0.3 is 19.1 Å². The molecule has 3 heterocycles. The van der Waals surface area contributed by atoms with Gasteiger partial charge in [0.1, 0.15) is 11.3 Å². The summed E-state index contributed by atoms with van der Waals surface area (Å²) in [6.07, 6.45) is -10.4. The topological polar surface area (TPSA) is 74.9 Å². The van der Waals surface area contributed by atoms with Gasteiger partial charge in [0.2, 0.25) is 0 Å². The Morgan fingerprint density at radius 2 is 1.79 bits per heavy atom. The van der Waals surface area contributed by atoms with Gasteiger partial charge in [0, 0.05) is 13.1 Å². The van der Waals surface area contributed by atoms with Crippen molar-refractivity contribution in [3.8, 4) is 5.75 Å². The molecule has 5 rings (SSSR count). The number of amides is 1. The molecule has 3 aromatic rings. The number of alkyl halides is 6. The Labute approximate surface area is 217 Å². The standard InChI is InChI=1S/C25H23F6N3O5/c1-37-19-8-4-7-18-20(19)33(11-15-5-2-3-6-17(15)24(26,27)28)21(35)34(18)16-9-10-32(12-16)22(36)39-23(13-38-14-23)25(29,30)31/h2-8,16H,9-14H2,1H3/t16-/m1/s1. The van der Waals surface area contributed by atoms with Gasteiger partial charge in [0.05, 0.1) is 44.0 Å². The highest BCUT2D eigenvalue weighted by atomic mass is 19.4. The van der Waals surface area contributed by atoms with Crippen LogP contribution >= 0.6 is 0 Å². The highest BCUT2D eigenvalue weighted by Gasteiger charge is 2.64. The highest BCUT2D eigenvalue weighted by Crippen LogP contribution is 2.40. The van der Waals surface area contributed by atoms with E-state index in [1.807, 2.05) is 0 Å². The summed E-state index contributed by atoms with van der Waals surface area (Å²) in [5, 5.41) is 0. The van der Waals surface area contributed by atoms with Crippen LogP contribution in [0.2, 0.25) is 0 Å². The number of imidazole rings is 1. The molecule has 8 nitrogen and oxygen atoms in total. The predicted octanol–water partition coefficient (Wildman–Crippen LogP) is 4.59. The molecule has 39 heavy (non-hydrogen) atoms. The van der Waals surface area contributed by atoms with Gasteiger partial charge in [-0.3, -0.25) is 9.13 Å². The van der Waals surface area contributed by atoms with Crippen LogP contribution in [0.3, 0.4) is 0 Å². The van der Waals surface area contributed by atoms with Crippen molar-refractivity contribution in [3.63, 3.8) is 0 Å². The zero-order chi connectivity index (χ0) is 28.2. The van der Waals surface area contributed by atoms with Gasteiger partial charge in [-0.15, -0.1) is 0 Å². The second-order valence-electron chi connectivity index (χ2n) is 9.46. The van der Waals surface area contributed by atoms with Crippen molar-refractivity contribution in [2.45, 2.75) is 37.0 Å². The van der Waals surface area contributed by atoms with Crippen molar-refractivity contribution in [2.75, 3.05) is 33.4 Å².